The first kappa shape index (κ1) is 12.1. The fraction of sp³-hybridized carbons (Fsp3) is 0.571. The van der Waals surface area contributed by atoms with Crippen LogP contribution in [-0.2, 0) is 0 Å². The third-order valence-corrected chi connectivity index (χ3v) is 4.58. The molecular weight excluding hydrogens is 264 g/mol. The van der Waals surface area contributed by atoms with Crippen LogP contribution in [0, 0.1) is 12.8 Å². The SMILES string of the molecule is Cc1c(Br)cccc1C(O)C1CCCCC1. The lowest BCUT2D eigenvalue weighted by atomic mass is 9.82. The molecule has 0 amide bonds. The number of hydrogen-bond acceptors (Lipinski definition) is 1. The van der Waals surface area contributed by atoms with Gasteiger partial charge in [0, 0.05) is 4.47 Å². The molecule has 0 radical (unpaired) electrons. The molecule has 2 rings (SSSR count). The van der Waals surface area contributed by atoms with Gasteiger partial charge in [-0.05, 0) is 42.9 Å². The van der Waals surface area contributed by atoms with E-state index in [-0.39, 0.29) is 6.10 Å². The summed E-state index contributed by atoms with van der Waals surface area (Å²) in [6.07, 6.45) is 5.95. The number of rotatable bonds is 2. The number of halogens is 1. The Labute approximate surface area is 106 Å². The first-order chi connectivity index (χ1) is 7.70. The van der Waals surface area contributed by atoms with E-state index in [1.165, 1.54) is 37.7 Å². The molecule has 16 heavy (non-hydrogen) atoms. The summed E-state index contributed by atoms with van der Waals surface area (Å²) < 4.78 is 1.10. The fourth-order valence-corrected chi connectivity index (χ4v) is 3.03. The molecule has 1 aromatic rings. The Balaban J connectivity index is 2.19. The molecular formula is C14H19BrO. The van der Waals surface area contributed by atoms with Crippen molar-refractivity contribution in [2.75, 3.05) is 0 Å². The molecule has 1 aromatic carbocycles. The lowest BCUT2D eigenvalue weighted by Gasteiger charge is -2.28. The Hall–Kier alpha value is -0.340. The monoisotopic (exact) mass is 282 g/mol. The van der Waals surface area contributed by atoms with Crippen molar-refractivity contribution in [2.24, 2.45) is 5.92 Å². The van der Waals surface area contributed by atoms with Gasteiger partial charge in [0.2, 0.25) is 0 Å². The van der Waals surface area contributed by atoms with Crippen LogP contribution in [0.15, 0.2) is 22.7 Å². The molecule has 1 aliphatic rings. The lowest BCUT2D eigenvalue weighted by molar-refractivity contribution is 0.0842. The van der Waals surface area contributed by atoms with Gasteiger partial charge < -0.3 is 5.11 Å². The average molecular weight is 283 g/mol. The summed E-state index contributed by atoms with van der Waals surface area (Å²) in [6, 6.07) is 6.10. The largest absolute Gasteiger partial charge is 0.388 e. The van der Waals surface area contributed by atoms with E-state index in [2.05, 4.69) is 28.9 Å². The second-order valence-corrected chi connectivity index (χ2v) is 5.65. The van der Waals surface area contributed by atoms with Gasteiger partial charge in [-0.15, -0.1) is 0 Å². The van der Waals surface area contributed by atoms with Crippen LogP contribution in [0.5, 0.6) is 0 Å². The molecule has 0 aromatic heterocycles. The minimum Gasteiger partial charge on any atom is -0.388 e. The zero-order valence-corrected chi connectivity index (χ0v) is 11.3. The minimum atomic E-state index is -0.280. The summed E-state index contributed by atoms with van der Waals surface area (Å²) in [7, 11) is 0. The van der Waals surface area contributed by atoms with Crippen LogP contribution in [0.4, 0.5) is 0 Å². The maximum Gasteiger partial charge on any atom is 0.0821 e. The minimum absolute atomic E-state index is 0.280. The van der Waals surface area contributed by atoms with Gasteiger partial charge >= 0.3 is 0 Å². The Morgan fingerprint density at radius 3 is 2.62 bits per heavy atom. The summed E-state index contributed by atoms with van der Waals surface area (Å²) in [5.41, 5.74) is 2.28. The van der Waals surface area contributed by atoms with Crippen LogP contribution in [0.1, 0.15) is 49.3 Å². The van der Waals surface area contributed by atoms with Crippen LogP contribution in [-0.4, -0.2) is 5.11 Å². The number of benzene rings is 1. The number of aliphatic hydroxyl groups is 1. The third kappa shape index (κ3) is 2.49. The molecule has 1 aliphatic carbocycles. The van der Waals surface area contributed by atoms with Crippen molar-refractivity contribution in [1.82, 2.24) is 0 Å². The maximum absolute atomic E-state index is 10.4. The van der Waals surface area contributed by atoms with E-state index in [9.17, 15) is 5.11 Å². The van der Waals surface area contributed by atoms with E-state index in [1.54, 1.807) is 0 Å². The summed E-state index contributed by atoms with van der Waals surface area (Å²) in [6.45, 7) is 2.07. The molecule has 0 heterocycles. The van der Waals surface area contributed by atoms with E-state index in [1.807, 2.05) is 12.1 Å². The highest BCUT2D eigenvalue weighted by atomic mass is 79.9. The highest BCUT2D eigenvalue weighted by Gasteiger charge is 2.24. The summed E-state index contributed by atoms with van der Waals surface area (Å²) in [4.78, 5) is 0. The van der Waals surface area contributed by atoms with E-state index < -0.39 is 0 Å². The van der Waals surface area contributed by atoms with Crippen LogP contribution in [0.25, 0.3) is 0 Å². The molecule has 1 saturated carbocycles. The molecule has 88 valence electrons. The quantitative estimate of drug-likeness (QED) is 0.854. The second kappa shape index (κ2) is 5.33. The van der Waals surface area contributed by atoms with E-state index in [0.717, 1.165) is 10.0 Å². The van der Waals surface area contributed by atoms with Crippen molar-refractivity contribution in [3.63, 3.8) is 0 Å². The van der Waals surface area contributed by atoms with E-state index in [4.69, 9.17) is 0 Å². The van der Waals surface area contributed by atoms with Crippen LogP contribution < -0.4 is 0 Å². The van der Waals surface area contributed by atoms with Gasteiger partial charge in [0.1, 0.15) is 0 Å². The summed E-state index contributed by atoms with van der Waals surface area (Å²) in [5, 5.41) is 10.4. The van der Waals surface area contributed by atoms with Crippen LogP contribution in [0.2, 0.25) is 0 Å². The van der Waals surface area contributed by atoms with Crippen molar-refractivity contribution in [1.29, 1.82) is 0 Å². The molecule has 1 nitrogen and oxygen atoms in total. The predicted octanol–water partition coefficient (Wildman–Crippen LogP) is 4.37. The molecule has 0 bridgehead atoms. The molecule has 1 atom stereocenters. The van der Waals surface area contributed by atoms with Crippen molar-refractivity contribution in [3.8, 4) is 0 Å². The van der Waals surface area contributed by atoms with Crippen molar-refractivity contribution in [2.45, 2.75) is 45.1 Å². The van der Waals surface area contributed by atoms with Gasteiger partial charge in [0.25, 0.3) is 0 Å². The van der Waals surface area contributed by atoms with E-state index in [0.29, 0.717) is 5.92 Å². The number of aliphatic hydroxyl groups excluding tert-OH is 1. The van der Waals surface area contributed by atoms with Gasteiger partial charge in [-0.3, -0.25) is 0 Å². The first-order valence-corrected chi connectivity index (χ1v) is 6.92. The standard InChI is InChI=1S/C14H19BrO/c1-10-12(8-5-9-13(10)15)14(16)11-6-3-2-4-7-11/h5,8-9,11,14,16H,2-4,6-7H2,1H3. The molecule has 0 saturated heterocycles. The zero-order chi connectivity index (χ0) is 11.5. The molecule has 2 heteroatoms. The Morgan fingerprint density at radius 2 is 1.94 bits per heavy atom. The topological polar surface area (TPSA) is 20.2 Å². The Kier molecular flexibility index (Phi) is 4.04. The highest BCUT2D eigenvalue weighted by Crippen LogP contribution is 2.36. The van der Waals surface area contributed by atoms with Crippen molar-refractivity contribution in [3.05, 3.63) is 33.8 Å². The third-order valence-electron chi connectivity index (χ3n) is 3.72. The van der Waals surface area contributed by atoms with Gasteiger partial charge in [0.05, 0.1) is 6.10 Å². The normalized spacial score (nSPS) is 19.7. The molecule has 1 N–H and O–H groups in total. The second-order valence-electron chi connectivity index (χ2n) is 4.80. The maximum atomic E-state index is 10.4. The molecule has 1 unspecified atom stereocenters. The number of hydrogen-bond donors (Lipinski definition) is 1. The lowest BCUT2D eigenvalue weighted by Crippen LogP contribution is -2.16. The zero-order valence-electron chi connectivity index (χ0n) is 9.75. The van der Waals surface area contributed by atoms with Gasteiger partial charge in [-0.25, -0.2) is 0 Å². The van der Waals surface area contributed by atoms with E-state index >= 15 is 0 Å². The summed E-state index contributed by atoms with van der Waals surface area (Å²) in [5.74, 6) is 0.460. The average Bonchev–Trinajstić information content (AvgIpc) is 2.33. The van der Waals surface area contributed by atoms with Gasteiger partial charge in [-0.1, -0.05) is 47.3 Å². The first-order valence-electron chi connectivity index (χ1n) is 6.13. The van der Waals surface area contributed by atoms with Crippen LogP contribution in [0.3, 0.4) is 0 Å². The smallest absolute Gasteiger partial charge is 0.0821 e. The molecule has 0 aliphatic heterocycles. The predicted molar refractivity (Wildman–Crippen MR) is 70.4 cm³/mol. The van der Waals surface area contributed by atoms with Gasteiger partial charge in [-0.2, -0.15) is 0 Å². The molecule has 0 spiro atoms. The molecule has 1 fully saturated rings. The Bertz CT molecular complexity index is 356. The van der Waals surface area contributed by atoms with Crippen LogP contribution >= 0.6 is 15.9 Å². The Morgan fingerprint density at radius 1 is 1.25 bits per heavy atom. The fourth-order valence-electron chi connectivity index (χ4n) is 2.65. The van der Waals surface area contributed by atoms with Crippen molar-refractivity contribution < 1.29 is 5.11 Å². The van der Waals surface area contributed by atoms with Crippen molar-refractivity contribution >= 4 is 15.9 Å². The highest BCUT2D eigenvalue weighted by molar-refractivity contribution is 9.10. The summed E-state index contributed by atoms with van der Waals surface area (Å²) >= 11 is 3.53. The van der Waals surface area contributed by atoms with Gasteiger partial charge in [0.15, 0.2) is 0 Å².